The number of aromatic nitrogens is 2. The van der Waals surface area contributed by atoms with Crippen molar-refractivity contribution in [3.63, 3.8) is 0 Å². The van der Waals surface area contributed by atoms with Gasteiger partial charge in [0.15, 0.2) is 0 Å². The average molecular weight is 703 g/mol. The number of allylic oxidation sites excluding steroid dienone is 18. The molecule has 2 atom stereocenters. The average Bonchev–Trinajstić information content (AvgIpc) is 3.84. The lowest BCUT2D eigenvalue weighted by molar-refractivity contribution is 0.667. The van der Waals surface area contributed by atoms with E-state index in [1.165, 1.54) is 61.5 Å². The molecule has 3 heterocycles. The molecular weight excluding hydrogens is 657 g/mol. The highest BCUT2D eigenvalue weighted by molar-refractivity contribution is 5.91. The molecule has 5 aliphatic rings. The predicted molar refractivity (Wildman–Crippen MR) is 226 cm³/mol. The van der Waals surface area contributed by atoms with Gasteiger partial charge < -0.3 is 20.6 Å². The molecule has 2 unspecified atom stereocenters. The highest BCUT2D eigenvalue weighted by Gasteiger charge is 2.49. The van der Waals surface area contributed by atoms with E-state index < -0.39 is 5.41 Å². The Kier molecular flexibility index (Phi) is 9.32. The normalized spacial score (nSPS) is 28.5. The molecule has 4 nitrogen and oxygen atoms in total. The second-order valence-corrected chi connectivity index (χ2v) is 14.6. The van der Waals surface area contributed by atoms with Crippen molar-refractivity contribution in [1.82, 2.24) is 15.3 Å². The van der Waals surface area contributed by atoms with E-state index in [0.717, 1.165) is 50.0 Å². The minimum Gasteiger partial charge on any atom is -0.379 e. The number of H-pyrrole nitrogens is 2. The Bertz CT molecular complexity index is 2360. The van der Waals surface area contributed by atoms with Gasteiger partial charge in [0.25, 0.3) is 0 Å². The third kappa shape index (κ3) is 6.39. The van der Waals surface area contributed by atoms with Crippen LogP contribution in [0.1, 0.15) is 60.2 Å². The van der Waals surface area contributed by atoms with Crippen LogP contribution in [-0.2, 0) is 11.8 Å². The smallest absolute Gasteiger partial charge is 0.108 e. The van der Waals surface area contributed by atoms with Gasteiger partial charge in [-0.2, -0.15) is 0 Å². The number of benzene rings is 2. The first-order chi connectivity index (χ1) is 26.8. The third-order valence-corrected chi connectivity index (χ3v) is 11.2. The zero-order chi connectivity index (χ0) is 36.2. The van der Waals surface area contributed by atoms with Gasteiger partial charge in [-0.15, -0.1) is 0 Å². The van der Waals surface area contributed by atoms with E-state index in [1.54, 1.807) is 0 Å². The predicted octanol–water partition coefficient (Wildman–Crippen LogP) is 11.5. The molecule has 2 aromatic heterocycles. The van der Waals surface area contributed by atoms with Crippen LogP contribution in [0, 0.1) is 0 Å². The van der Waals surface area contributed by atoms with Crippen molar-refractivity contribution in [2.75, 3.05) is 5.32 Å². The second-order valence-electron chi connectivity index (χ2n) is 14.6. The number of hydrogen-bond acceptors (Lipinski definition) is 2. The van der Waals surface area contributed by atoms with Gasteiger partial charge in [0.2, 0.25) is 0 Å². The maximum atomic E-state index is 4.01. The summed E-state index contributed by atoms with van der Waals surface area (Å²) < 4.78 is 0. The molecule has 0 amide bonds. The summed E-state index contributed by atoms with van der Waals surface area (Å²) >= 11 is 0. The van der Waals surface area contributed by atoms with Gasteiger partial charge in [-0.3, -0.25) is 0 Å². The number of fused-ring (bicyclic) bond motifs is 3. The minimum absolute atomic E-state index is 0.0541. The molecule has 4 aromatic rings. The molecule has 9 rings (SSSR count). The zero-order valence-corrected chi connectivity index (χ0v) is 30.6. The maximum Gasteiger partial charge on any atom is 0.108 e. The molecule has 0 saturated heterocycles. The van der Waals surface area contributed by atoms with Crippen molar-refractivity contribution < 1.29 is 0 Å². The highest BCUT2D eigenvalue weighted by atomic mass is 15.0. The summed E-state index contributed by atoms with van der Waals surface area (Å²) in [6.07, 6.45) is 41.4. The number of aromatic amines is 2. The van der Waals surface area contributed by atoms with Crippen molar-refractivity contribution in [2.45, 2.75) is 50.0 Å². The van der Waals surface area contributed by atoms with E-state index in [0.29, 0.717) is 0 Å². The Balaban J connectivity index is 1.16. The number of rotatable bonds is 7. The number of anilines is 1. The molecule has 0 bridgehead atoms. The summed E-state index contributed by atoms with van der Waals surface area (Å²) in [7, 11) is 0. The molecule has 4 aliphatic carbocycles. The summed E-state index contributed by atoms with van der Waals surface area (Å²) in [6.45, 7) is 0. The van der Waals surface area contributed by atoms with Crippen molar-refractivity contribution in [3.05, 3.63) is 232 Å². The van der Waals surface area contributed by atoms with Crippen LogP contribution in [0.15, 0.2) is 204 Å². The molecule has 2 aromatic carbocycles. The Hall–Kier alpha value is -6.26. The molecular formula is C50H46N4. The largest absolute Gasteiger partial charge is 0.379 e. The van der Waals surface area contributed by atoms with Gasteiger partial charge in [0.05, 0.1) is 17.2 Å². The van der Waals surface area contributed by atoms with Gasteiger partial charge in [0.1, 0.15) is 5.82 Å². The summed E-state index contributed by atoms with van der Waals surface area (Å²) in [4.78, 5) is 7.48. The van der Waals surface area contributed by atoms with Gasteiger partial charge in [-0.1, -0.05) is 145 Å². The van der Waals surface area contributed by atoms with E-state index >= 15 is 0 Å². The second kappa shape index (κ2) is 15.0. The SMILES string of the molecule is C1=CCC2=C(C=C1)c1cc(NC3=C/NC4/C=C\C/C=C\C(c5ccccc5)=C/4C/C(Cc4ccc[nH]4)=C\3)[nH]c1C2(/C1=C/C/C=C\C=C/C1)c1ccccc1. The quantitative estimate of drug-likeness (QED) is 0.145. The monoisotopic (exact) mass is 702 g/mol. The van der Waals surface area contributed by atoms with E-state index in [1.807, 2.05) is 6.20 Å². The first-order valence-electron chi connectivity index (χ1n) is 19.3. The Morgan fingerprint density at radius 3 is 2.46 bits per heavy atom. The maximum absolute atomic E-state index is 4.01. The summed E-state index contributed by atoms with van der Waals surface area (Å²) in [6, 6.07) is 28.6. The lowest BCUT2D eigenvalue weighted by Crippen LogP contribution is -2.32. The topological polar surface area (TPSA) is 55.6 Å². The fourth-order valence-corrected chi connectivity index (χ4v) is 8.92. The summed E-state index contributed by atoms with van der Waals surface area (Å²) in [5, 5.41) is 7.70. The highest BCUT2D eigenvalue weighted by Crippen LogP contribution is 2.58. The summed E-state index contributed by atoms with van der Waals surface area (Å²) in [5.41, 5.74) is 15.1. The fourth-order valence-electron chi connectivity index (χ4n) is 8.92. The lowest BCUT2D eigenvalue weighted by atomic mass is 9.66. The van der Waals surface area contributed by atoms with Crippen LogP contribution >= 0.6 is 0 Å². The molecule has 0 fully saturated rings. The van der Waals surface area contributed by atoms with Crippen LogP contribution in [0.3, 0.4) is 0 Å². The first kappa shape index (κ1) is 33.6. The van der Waals surface area contributed by atoms with E-state index in [-0.39, 0.29) is 6.04 Å². The van der Waals surface area contributed by atoms with E-state index in [9.17, 15) is 0 Å². The van der Waals surface area contributed by atoms with Crippen LogP contribution in [0.4, 0.5) is 5.82 Å². The minimum atomic E-state index is -0.409. The molecule has 0 radical (unpaired) electrons. The molecule has 4 N–H and O–H groups in total. The standard InChI is InChI=1S/C50H46N4/c1-2-10-21-38(22-11-3-1)50(39-23-12-5-13-24-39)46-28-16-6-15-27-43(46)45-34-48(54-49(45)50)53-41-32-36(31-40-25-18-30-51-40)33-44-42(37-19-8-4-9-20-37)26-14-7-17-29-47(44)52-35-41/h1-6,8-10,12-20,22-27,29-30,32,34-35,47,51-54H,7,11,21,28,31,33H2/b3-1-,10-2-,26-14-,29-17-,36-32-,38-22+,41-35+,44-42+. The van der Waals surface area contributed by atoms with Crippen LogP contribution in [0.2, 0.25) is 0 Å². The van der Waals surface area contributed by atoms with Crippen LogP contribution in [0.25, 0.3) is 11.1 Å². The molecule has 0 spiro atoms. The van der Waals surface area contributed by atoms with Crippen LogP contribution < -0.4 is 10.6 Å². The molecule has 266 valence electrons. The van der Waals surface area contributed by atoms with E-state index in [4.69, 9.17) is 0 Å². The molecule has 54 heavy (non-hydrogen) atoms. The van der Waals surface area contributed by atoms with Crippen molar-refractivity contribution in [3.8, 4) is 0 Å². The molecule has 4 heteroatoms. The number of hydrogen-bond donors (Lipinski definition) is 4. The first-order valence-corrected chi connectivity index (χ1v) is 19.3. The van der Waals surface area contributed by atoms with Gasteiger partial charge >= 0.3 is 0 Å². The van der Waals surface area contributed by atoms with E-state index in [2.05, 4.69) is 191 Å². The lowest BCUT2D eigenvalue weighted by Gasteiger charge is -2.37. The number of nitrogens with one attached hydrogen (secondary N) is 4. The fraction of sp³-hybridized carbons (Fsp3) is 0.160. The van der Waals surface area contributed by atoms with Gasteiger partial charge in [-0.05, 0) is 95.4 Å². The Morgan fingerprint density at radius 1 is 0.759 bits per heavy atom. The Morgan fingerprint density at radius 2 is 1.59 bits per heavy atom. The Labute approximate surface area is 318 Å². The van der Waals surface area contributed by atoms with Crippen molar-refractivity contribution in [2.24, 2.45) is 0 Å². The van der Waals surface area contributed by atoms with Gasteiger partial charge in [0, 0.05) is 35.8 Å². The zero-order valence-electron chi connectivity index (χ0n) is 30.6. The van der Waals surface area contributed by atoms with Crippen molar-refractivity contribution in [1.29, 1.82) is 0 Å². The summed E-state index contributed by atoms with van der Waals surface area (Å²) in [5.74, 6) is 0.986. The van der Waals surface area contributed by atoms with Crippen LogP contribution in [0.5, 0.6) is 0 Å². The van der Waals surface area contributed by atoms with Crippen LogP contribution in [-0.4, -0.2) is 16.0 Å². The van der Waals surface area contributed by atoms with Crippen molar-refractivity contribution >= 4 is 17.0 Å². The third-order valence-electron chi connectivity index (χ3n) is 11.2. The molecule has 1 aliphatic heterocycles. The molecule has 0 saturated carbocycles. The van der Waals surface area contributed by atoms with Gasteiger partial charge in [-0.25, -0.2) is 0 Å².